The molecule has 1 aliphatic rings. The van der Waals surface area contributed by atoms with Crippen LogP contribution in [0.3, 0.4) is 0 Å². The van der Waals surface area contributed by atoms with Crippen molar-refractivity contribution in [1.82, 2.24) is 9.55 Å². The van der Waals surface area contributed by atoms with Gasteiger partial charge in [0, 0.05) is 10.6 Å². The number of nitrogens with two attached hydrogens (primary N) is 1. The van der Waals surface area contributed by atoms with Gasteiger partial charge in [0.15, 0.2) is 5.16 Å². The fraction of sp³-hybridized carbons (Fsp3) is 0.429. The summed E-state index contributed by atoms with van der Waals surface area (Å²) in [6, 6.07) is 7.39. The molecule has 2 aromatic heterocycles. The highest BCUT2D eigenvalue weighted by Crippen LogP contribution is 2.35. The number of hydrogen-bond acceptors (Lipinski definition) is 7. The van der Waals surface area contributed by atoms with E-state index in [0.717, 1.165) is 47.2 Å². The number of nitrogens with zero attached hydrogens (tertiary/aromatic N) is 2. The third kappa shape index (κ3) is 4.97. The monoisotopic (exact) mass is 479 g/mol. The Morgan fingerprint density at radius 2 is 1.97 bits per heavy atom. The summed E-state index contributed by atoms with van der Waals surface area (Å²) in [6.07, 6.45) is 4.53. The average Bonchev–Trinajstić information content (AvgIpc) is 3.10. The van der Waals surface area contributed by atoms with Gasteiger partial charge in [-0.3, -0.25) is 9.36 Å². The fourth-order valence-electron chi connectivity index (χ4n) is 3.79. The molecule has 31 heavy (non-hydrogen) atoms. The van der Waals surface area contributed by atoms with Crippen molar-refractivity contribution in [2.24, 2.45) is 5.14 Å². The Labute approximate surface area is 189 Å². The predicted molar refractivity (Wildman–Crippen MR) is 126 cm³/mol. The summed E-state index contributed by atoms with van der Waals surface area (Å²) < 4.78 is 29.7. The molecule has 0 saturated heterocycles. The van der Waals surface area contributed by atoms with E-state index in [4.69, 9.17) is 14.9 Å². The fourth-order valence-corrected chi connectivity index (χ4v) is 6.78. The Morgan fingerprint density at radius 1 is 1.23 bits per heavy atom. The maximum Gasteiger partial charge on any atom is 0.267 e. The lowest BCUT2D eigenvalue weighted by Gasteiger charge is -2.14. The maximum atomic E-state index is 13.7. The molecule has 10 heteroatoms. The molecule has 3 aromatic rings. The van der Waals surface area contributed by atoms with E-state index in [1.807, 2.05) is 31.2 Å². The normalized spacial score (nSPS) is 14.0. The molecule has 4 rings (SSSR count). The van der Waals surface area contributed by atoms with Crippen LogP contribution in [-0.4, -0.2) is 36.1 Å². The summed E-state index contributed by atoms with van der Waals surface area (Å²) in [5.41, 5.74) is 1.80. The van der Waals surface area contributed by atoms with Gasteiger partial charge in [-0.25, -0.2) is 18.5 Å². The van der Waals surface area contributed by atoms with Crippen molar-refractivity contribution in [3.05, 3.63) is 45.1 Å². The van der Waals surface area contributed by atoms with E-state index >= 15 is 0 Å². The molecule has 0 aliphatic heterocycles. The Hall–Kier alpha value is -1.88. The molecule has 0 amide bonds. The molecule has 7 nitrogen and oxygen atoms in total. The highest BCUT2D eigenvalue weighted by atomic mass is 32.2. The van der Waals surface area contributed by atoms with Crippen LogP contribution in [0.15, 0.2) is 34.2 Å². The number of rotatable bonds is 8. The number of fused-ring (bicyclic) bond motifs is 3. The highest BCUT2D eigenvalue weighted by Gasteiger charge is 2.23. The van der Waals surface area contributed by atoms with Crippen molar-refractivity contribution >= 4 is 43.3 Å². The molecule has 0 unspecified atom stereocenters. The van der Waals surface area contributed by atoms with E-state index in [2.05, 4.69) is 0 Å². The predicted octanol–water partition coefficient (Wildman–Crippen LogP) is 3.50. The number of thiophene rings is 1. The van der Waals surface area contributed by atoms with E-state index in [9.17, 15) is 13.2 Å². The number of hydrogen-bond donors (Lipinski definition) is 1. The van der Waals surface area contributed by atoms with Crippen molar-refractivity contribution in [3.63, 3.8) is 0 Å². The van der Waals surface area contributed by atoms with Crippen LogP contribution in [0, 0.1) is 0 Å². The smallest absolute Gasteiger partial charge is 0.267 e. The Kier molecular flexibility index (Phi) is 6.71. The van der Waals surface area contributed by atoms with Gasteiger partial charge in [-0.05, 0) is 68.9 Å². The molecule has 0 bridgehead atoms. The number of sulfonamides is 1. The summed E-state index contributed by atoms with van der Waals surface area (Å²) >= 11 is 2.99. The number of benzene rings is 1. The molecule has 1 aliphatic carbocycles. The van der Waals surface area contributed by atoms with Crippen LogP contribution in [0.25, 0.3) is 15.9 Å². The minimum Gasteiger partial charge on any atom is -0.494 e. The summed E-state index contributed by atoms with van der Waals surface area (Å²) in [5, 5.41) is 6.40. The Balaban J connectivity index is 1.78. The molecule has 2 N–H and O–H groups in total. The zero-order valence-electron chi connectivity index (χ0n) is 17.3. The van der Waals surface area contributed by atoms with Crippen LogP contribution < -0.4 is 15.4 Å². The first-order valence-electron chi connectivity index (χ1n) is 10.3. The number of ether oxygens (including phenoxy) is 1. The van der Waals surface area contributed by atoms with Crippen LogP contribution in [-0.2, 0) is 22.9 Å². The van der Waals surface area contributed by atoms with Gasteiger partial charge < -0.3 is 4.74 Å². The van der Waals surface area contributed by atoms with Crippen LogP contribution >= 0.6 is 23.1 Å². The van der Waals surface area contributed by atoms with Gasteiger partial charge >= 0.3 is 0 Å². The largest absolute Gasteiger partial charge is 0.494 e. The van der Waals surface area contributed by atoms with E-state index in [1.165, 1.54) is 16.6 Å². The molecular weight excluding hydrogens is 454 g/mol. The summed E-state index contributed by atoms with van der Waals surface area (Å²) in [5.74, 6) is 1.14. The molecular formula is C21H25N3O4S3. The highest BCUT2D eigenvalue weighted by molar-refractivity contribution is 7.99. The van der Waals surface area contributed by atoms with Crippen molar-refractivity contribution in [3.8, 4) is 11.4 Å². The van der Waals surface area contributed by atoms with Gasteiger partial charge in [0.05, 0.1) is 23.4 Å². The first-order chi connectivity index (χ1) is 14.9. The standard InChI is InChI=1S/C21H25N3O4S3/c1-2-28-15-10-8-14(9-11-15)24-20(25)18-16-6-3-4-7-17(16)30-19(18)23-21(24)29-12-5-13-31(22,26)27/h8-11H,2-7,12-13H2,1H3,(H2,22,26,27). The second kappa shape index (κ2) is 9.32. The topological polar surface area (TPSA) is 104 Å². The van der Waals surface area contributed by atoms with E-state index < -0.39 is 10.0 Å². The van der Waals surface area contributed by atoms with Gasteiger partial charge in [-0.1, -0.05) is 11.8 Å². The van der Waals surface area contributed by atoms with Gasteiger partial charge in [0.25, 0.3) is 5.56 Å². The quantitative estimate of drug-likeness (QED) is 0.301. The summed E-state index contributed by atoms with van der Waals surface area (Å²) in [4.78, 5) is 20.5. The molecule has 0 fully saturated rings. The number of primary sulfonamides is 1. The second-order valence-electron chi connectivity index (χ2n) is 7.42. The van der Waals surface area contributed by atoms with Crippen LogP contribution in [0.2, 0.25) is 0 Å². The molecule has 2 heterocycles. The zero-order valence-corrected chi connectivity index (χ0v) is 19.7. The van der Waals surface area contributed by atoms with Gasteiger partial charge in [-0.15, -0.1) is 11.3 Å². The van der Waals surface area contributed by atoms with E-state index in [0.29, 0.717) is 29.6 Å². The van der Waals surface area contributed by atoms with Crippen molar-refractivity contribution < 1.29 is 13.2 Å². The number of aryl methyl sites for hydroxylation is 2. The third-order valence-electron chi connectivity index (χ3n) is 5.17. The van der Waals surface area contributed by atoms with Crippen molar-refractivity contribution in [1.29, 1.82) is 0 Å². The molecule has 0 saturated carbocycles. The number of thioether (sulfide) groups is 1. The molecule has 0 spiro atoms. The summed E-state index contributed by atoms with van der Waals surface area (Å²) in [7, 11) is -3.51. The van der Waals surface area contributed by atoms with Crippen LogP contribution in [0.4, 0.5) is 0 Å². The maximum absolute atomic E-state index is 13.7. The SMILES string of the molecule is CCOc1ccc(-n2c(SCCCS(N)(=O)=O)nc3sc4c(c3c2=O)CCCC4)cc1. The van der Waals surface area contributed by atoms with Crippen LogP contribution in [0.5, 0.6) is 5.75 Å². The second-order valence-corrected chi connectivity index (χ2v) is 11.3. The van der Waals surface area contributed by atoms with E-state index in [-0.39, 0.29) is 11.3 Å². The van der Waals surface area contributed by atoms with Gasteiger partial charge in [0.2, 0.25) is 10.0 Å². The Bertz CT molecular complexity index is 1250. The molecule has 0 radical (unpaired) electrons. The third-order valence-corrected chi connectivity index (χ3v) is 8.24. The molecule has 0 atom stereocenters. The minimum atomic E-state index is -3.51. The van der Waals surface area contributed by atoms with E-state index in [1.54, 1.807) is 15.9 Å². The first-order valence-corrected chi connectivity index (χ1v) is 13.8. The lowest BCUT2D eigenvalue weighted by Crippen LogP contribution is -2.22. The summed E-state index contributed by atoms with van der Waals surface area (Å²) in [6.45, 7) is 2.49. The lowest BCUT2D eigenvalue weighted by atomic mass is 9.97. The average molecular weight is 480 g/mol. The van der Waals surface area contributed by atoms with Crippen molar-refractivity contribution in [2.75, 3.05) is 18.1 Å². The number of aromatic nitrogens is 2. The van der Waals surface area contributed by atoms with Crippen LogP contribution in [0.1, 0.15) is 36.6 Å². The minimum absolute atomic E-state index is 0.0671. The van der Waals surface area contributed by atoms with Crippen molar-refractivity contribution in [2.45, 2.75) is 44.2 Å². The lowest BCUT2D eigenvalue weighted by molar-refractivity contribution is 0.340. The molecule has 166 valence electrons. The molecule has 1 aromatic carbocycles. The van der Waals surface area contributed by atoms with Gasteiger partial charge in [-0.2, -0.15) is 0 Å². The van der Waals surface area contributed by atoms with Gasteiger partial charge in [0.1, 0.15) is 10.6 Å². The Morgan fingerprint density at radius 3 is 2.68 bits per heavy atom. The first kappa shape index (κ1) is 22.3. The zero-order chi connectivity index (χ0) is 22.0.